The summed E-state index contributed by atoms with van der Waals surface area (Å²) < 4.78 is 33.7. The van der Waals surface area contributed by atoms with Crippen LogP contribution in [-0.4, -0.2) is 56.4 Å². The number of aryl methyl sites for hydroxylation is 1. The predicted molar refractivity (Wildman–Crippen MR) is 109 cm³/mol. The van der Waals surface area contributed by atoms with E-state index in [0.29, 0.717) is 32.0 Å². The number of halogens is 1. The van der Waals surface area contributed by atoms with Crippen molar-refractivity contribution in [2.45, 2.75) is 16.7 Å². The van der Waals surface area contributed by atoms with Gasteiger partial charge < -0.3 is 15.0 Å². The maximum atomic E-state index is 13.3. The highest BCUT2D eigenvalue weighted by Crippen LogP contribution is 2.32. The van der Waals surface area contributed by atoms with Crippen molar-refractivity contribution in [3.05, 3.63) is 42.1 Å². The van der Waals surface area contributed by atoms with Crippen LogP contribution in [0.1, 0.15) is 5.69 Å². The standard InChI is InChI=1S/C18H21N5O3S.ClH/c1-13-12-15(22-8-10-26-11-9-22)23-18(20-13)16(17(19-2)21-23)27(24,25)14-6-4-3-5-7-14;/h3-7,12H,8-11H2,1-2H3,(H,19,21);1H. The van der Waals surface area contributed by atoms with Crippen LogP contribution in [-0.2, 0) is 14.6 Å². The van der Waals surface area contributed by atoms with Gasteiger partial charge in [0.15, 0.2) is 16.4 Å². The molecule has 1 aromatic carbocycles. The lowest BCUT2D eigenvalue weighted by molar-refractivity contribution is 0.122. The number of hydrogen-bond acceptors (Lipinski definition) is 7. The molecule has 4 rings (SSSR count). The SMILES string of the molecule is CNc1nn2c(N3CCOCC3)cc(C)nc2c1S(=O)(=O)c1ccccc1.Cl. The molecule has 0 radical (unpaired) electrons. The number of hydrogen-bond donors (Lipinski definition) is 1. The summed E-state index contributed by atoms with van der Waals surface area (Å²) in [6.07, 6.45) is 0. The van der Waals surface area contributed by atoms with Gasteiger partial charge in [-0.15, -0.1) is 17.5 Å². The Kier molecular flexibility index (Phi) is 5.78. The molecule has 1 fully saturated rings. The molecule has 0 aliphatic carbocycles. The fourth-order valence-electron chi connectivity index (χ4n) is 3.25. The normalized spacial score (nSPS) is 14.7. The van der Waals surface area contributed by atoms with Gasteiger partial charge in [-0.2, -0.15) is 4.52 Å². The van der Waals surface area contributed by atoms with Crippen LogP contribution in [0.25, 0.3) is 5.65 Å². The highest BCUT2D eigenvalue weighted by atomic mass is 35.5. The molecule has 3 heterocycles. The first-order valence-corrected chi connectivity index (χ1v) is 10.2. The Balaban J connectivity index is 0.00000225. The Labute approximate surface area is 169 Å². The summed E-state index contributed by atoms with van der Waals surface area (Å²) in [5.41, 5.74) is 1.06. The van der Waals surface area contributed by atoms with Crippen molar-refractivity contribution < 1.29 is 13.2 Å². The topological polar surface area (TPSA) is 88.8 Å². The number of fused-ring (bicyclic) bond motifs is 1. The summed E-state index contributed by atoms with van der Waals surface area (Å²) in [7, 11) is -2.12. The second-order valence-electron chi connectivity index (χ2n) is 6.33. The van der Waals surface area contributed by atoms with Gasteiger partial charge in [0.1, 0.15) is 5.82 Å². The zero-order valence-electron chi connectivity index (χ0n) is 15.6. The Bertz CT molecular complexity index is 1080. The van der Waals surface area contributed by atoms with Gasteiger partial charge in [-0.25, -0.2) is 13.4 Å². The molecule has 2 aromatic heterocycles. The fourth-order valence-corrected chi connectivity index (χ4v) is 4.77. The summed E-state index contributed by atoms with van der Waals surface area (Å²) in [6, 6.07) is 10.3. The Hall–Kier alpha value is -2.36. The Morgan fingerprint density at radius 1 is 1.14 bits per heavy atom. The van der Waals surface area contributed by atoms with Crippen LogP contribution >= 0.6 is 12.4 Å². The highest BCUT2D eigenvalue weighted by molar-refractivity contribution is 7.91. The lowest BCUT2D eigenvalue weighted by atomic mass is 10.3. The van der Waals surface area contributed by atoms with Crippen molar-refractivity contribution in [3.8, 4) is 0 Å². The molecule has 0 spiro atoms. The maximum absolute atomic E-state index is 13.3. The molecule has 3 aromatic rings. The second kappa shape index (κ2) is 7.94. The number of aromatic nitrogens is 3. The molecule has 1 aliphatic rings. The fraction of sp³-hybridized carbons (Fsp3) is 0.333. The van der Waals surface area contributed by atoms with E-state index >= 15 is 0 Å². The van der Waals surface area contributed by atoms with Crippen LogP contribution in [0, 0.1) is 6.92 Å². The van der Waals surface area contributed by atoms with Gasteiger partial charge in [0.05, 0.1) is 18.1 Å². The van der Waals surface area contributed by atoms with Gasteiger partial charge in [-0.3, -0.25) is 0 Å². The number of morpholine rings is 1. The molecule has 150 valence electrons. The molecule has 8 nitrogen and oxygen atoms in total. The molecular formula is C18H22ClN5O3S. The smallest absolute Gasteiger partial charge is 0.214 e. The number of sulfone groups is 1. The van der Waals surface area contributed by atoms with Crippen LogP contribution in [0.2, 0.25) is 0 Å². The number of ether oxygens (including phenoxy) is 1. The van der Waals surface area contributed by atoms with Gasteiger partial charge in [0.25, 0.3) is 0 Å². The Morgan fingerprint density at radius 2 is 1.82 bits per heavy atom. The van der Waals surface area contributed by atoms with Crippen LogP contribution in [0.15, 0.2) is 46.2 Å². The third-order valence-corrected chi connectivity index (χ3v) is 6.36. The molecule has 0 bridgehead atoms. The molecule has 28 heavy (non-hydrogen) atoms. The van der Waals surface area contributed by atoms with Gasteiger partial charge in [0, 0.05) is 31.9 Å². The number of benzene rings is 1. The molecule has 1 saturated heterocycles. The van der Waals surface area contributed by atoms with Gasteiger partial charge in [-0.05, 0) is 19.1 Å². The molecule has 0 atom stereocenters. The van der Waals surface area contributed by atoms with E-state index in [4.69, 9.17) is 4.74 Å². The van der Waals surface area contributed by atoms with Crippen molar-refractivity contribution in [3.63, 3.8) is 0 Å². The third kappa shape index (κ3) is 3.41. The molecular weight excluding hydrogens is 402 g/mol. The predicted octanol–water partition coefficient (Wildman–Crippen LogP) is 2.17. The number of anilines is 2. The summed E-state index contributed by atoms with van der Waals surface area (Å²) in [6.45, 7) is 4.54. The van der Waals surface area contributed by atoms with Gasteiger partial charge in [-0.1, -0.05) is 18.2 Å². The van der Waals surface area contributed by atoms with Crippen molar-refractivity contribution in [1.82, 2.24) is 14.6 Å². The van der Waals surface area contributed by atoms with Crippen LogP contribution in [0.4, 0.5) is 11.6 Å². The van der Waals surface area contributed by atoms with Crippen molar-refractivity contribution >= 4 is 39.5 Å². The zero-order valence-corrected chi connectivity index (χ0v) is 17.3. The van der Waals surface area contributed by atoms with E-state index in [9.17, 15) is 8.42 Å². The van der Waals surface area contributed by atoms with Crippen molar-refractivity contribution in [2.75, 3.05) is 43.6 Å². The lowest BCUT2D eigenvalue weighted by Gasteiger charge is -2.29. The van der Waals surface area contributed by atoms with Crippen LogP contribution in [0.3, 0.4) is 0 Å². The maximum Gasteiger partial charge on any atom is 0.214 e. The summed E-state index contributed by atoms with van der Waals surface area (Å²) in [5, 5.41) is 7.44. The minimum absolute atomic E-state index is 0. The van der Waals surface area contributed by atoms with E-state index in [-0.39, 0.29) is 28.0 Å². The first-order chi connectivity index (χ1) is 13.0. The van der Waals surface area contributed by atoms with E-state index in [1.54, 1.807) is 41.9 Å². The van der Waals surface area contributed by atoms with Gasteiger partial charge in [0.2, 0.25) is 9.84 Å². The first-order valence-electron chi connectivity index (χ1n) is 8.73. The zero-order chi connectivity index (χ0) is 19.0. The second-order valence-corrected chi connectivity index (χ2v) is 8.22. The summed E-state index contributed by atoms with van der Waals surface area (Å²) in [4.78, 5) is 6.96. The van der Waals surface area contributed by atoms with Gasteiger partial charge >= 0.3 is 0 Å². The van der Waals surface area contributed by atoms with E-state index in [2.05, 4.69) is 20.3 Å². The average Bonchev–Trinajstić information content (AvgIpc) is 3.08. The monoisotopic (exact) mass is 423 g/mol. The molecule has 0 unspecified atom stereocenters. The molecule has 0 amide bonds. The molecule has 10 heteroatoms. The largest absolute Gasteiger partial charge is 0.378 e. The number of nitrogens with zero attached hydrogens (tertiary/aromatic N) is 4. The van der Waals surface area contributed by atoms with E-state index in [0.717, 1.165) is 11.5 Å². The number of nitrogens with one attached hydrogen (secondary N) is 1. The lowest BCUT2D eigenvalue weighted by Crippen LogP contribution is -2.37. The third-order valence-electron chi connectivity index (χ3n) is 4.55. The average molecular weight is 424 g/mol. The molecule has 1 aliphatic heterocycles. The minimum Gasteiger partial charge on any atom is -0.378 e. The van der Waals surface area contributed by atoms with Crippen molar-refractivity contribution in [1.29, 1.82) is 0 Å². The number of rotatable bonds is 4. The Morgan fingerprint density at radius 3 is 2.46 bits per heavy atom. The quantitative estimate of drug-likeness (QED) is 0.687. The summed E-state index contributed by atoms with van der Waals surface area (Å²) >= 11 is 0. The molecule has 1 N–H and O–H groups in total. The van der Waals surface area contributed by atoms with E-state index in [1.807, 2.05) is 13.0 Å². The van der Waals surface area contributed by atoms with E-state index < -0.39 is 9.84 Å². The minimum atomic E-state index is -3.78. The summed E-state index contributed by atoms with van der Waals surface area (Å²) in [5.74, 6) is 1.10. The molecule has 0 saturated carbocycles. The van der Waals surface area contributed by atoms with Crippen LogP contribution in [0.5, 0.6) is 0 Å². The van der Waals surface area contributed by atoms with E-state index in [1.165, 1.54) is 0 Å². The first kappa shape index (κ1) is 20.4. The van der Waals surface area contributed by atoms with Crippen molar-refractivity contribution in [2.24, 2.45) is 0 Å². The highest BCUT2D eigenvalue weighted by Gasteiger charge is 2.30. The van der Waals surface area contributed by atoms with Crippen LogP contribution < -0.4 is 10.2 Å².